The fourth-order valence-corrected chi connectivity index (χ4v) is 4.06. The number of fused-ring (bicyclic) bond motifs is 1. The summed E-state index contributed by atoms with van der Waals surface area (Å²) in [6, 6.07) is 10.2. The lowest BCUT2D eigenvalue weighted by Crippen LogP contribution is -2.03. The molecule has 0 aliphatic carbocycles. The van der Waals surface area contributed by atoms with Crippen LogP contribution in [-0.2, 0) is 6.42 Å². The molecule has 1 N–H and O–H groups in total. The molecule has 0 amide bonds. The Bertz CT molecular complexity index is 708. The van der Waals surface area contributed by atoms with Gasteiger partial charge in [-0.15, -0.1) is 11.3 Å². The Balaban J connectivity index is 1.65. The number of hydrogen-bond acceptors (Lipinski definition) is 4. The van der Waals surface area contributed by atoms with Crippen LogP contribution in [0.4, 0.5) is 5.13 Å². The first kappa shape index (κ1) is 13.4. The van der Waals surface area contributed by atoms with Crippen LogP contribution in [0.2, 0.25) is 4.34 Å². The first-order valence-electron chi connectivity index (χ1n) is 5.75. The Morgan fingerprint density at radius 2 is 2.11 bits per heavy atom. The molecule has 3 aromatic rings. The predicted octanol–water partition coefficient (Wildman–Crippen LogP) is 5.43. The molecule has 0 aliphatic rings. The summed E-state index contributed by atoms with van der Waals surface area (Å²) in [7, 11) is 0. The van der Waals surface area contributed by atoms with Crippen LogP contribution in [-0.4, -0.2) is 11.5 Å². The lowest BCUT2D eigenvalue weighted by molar-refractivity contribution is 1.04. The Labute approximate surface area is 132 Å². The molecule has 1 aromatic carbocycles. The number of thiophene rings is 1. The second-order valence-electron chi connectivity index (χ2n) is 4.01. The van der Waals surface area contributed by atoms with Gasteiger partial charge >= 0.3 is 0 Å². The third-order valence-corrected chi connectivity index (χ3v) is 5.40. The van der Waals surface area contributed by atoms with Gasteiger partial charge in [0, 0.05) is 15.9 Å². The van der Waals surface area contributed by atoms with Crippen LogP contribution in [0.15, 0.2) is 34.8 Å². The largest absolute Gasteiger partial charge is 0.361 e. The van der Waals surface area contributed by atoms with Gasteiger partial charge in [0.05, 0.1) is 14.6 Å². The van der Waals surface area contributed by atoms with Crippen molar-refractivity contribution in [3.8, 4) is 0 Å². The molecule has 0 saturated carbocycles. The maximum Gasteiger partial charge on any atom is 0.183 e. The van der Waals surface area contributed by atoms with Crippen molar-refractivity contribution < 1.29 is 0 Å². The van der Waals surface area contributed by atoms with E-state index >= 15 is 0 Å². The molecule has 0 atom stereocenters. The molecule has 2 nitrogen and oxygen atoms in total. The van der Waals surface area contributed by atoms with Gasteiger partial charge in [-0.1, -0.05) is 38.9 Å². The maximum absolute atomic E-state index is 5.91. The second-order valence-corrected chi connectivity index (χ2v) is 7.76. The average molecular weight is 374 g/mol. The van der Waals surface area contributed by atoms with Crippen molar-refractivity contribution in [2.45, 2.75) is 6.42 Å². The summed E-state index contributed by atoms with van der Waals surface area (Å²) in [4.78, 5) is 5.86. The summed E-state index contributed by atoms with van der Waals surface area (Å²) in [5.41, 5.74) is 1.03. The van der Waals surface area contributed by atoms with Crippen LogP contribution < -0.4 is 5.32 Å². The van der Waals surface area contributed by atoms with Crippen molar-refractivity contribution in [3.05, 3.63) is 44.0 Å². The van der Waals surface area contributed by atoms with Crippen molar-refractivity contribution in [1.29, 1.82) is 0 Å². The molecule has 6 heteroatoms. The molecular formula is C13H10BrClN2S2. The summed E-state index contributed by atoms with van der Waals surface area (Å²) < 4.78 is 3.11. The zero-order chi connectivity index (χ0) is 13.2. The first-order chi connectivity index (χ1) is 9.20. The van der Waals surface area contributed by atoms with Crippen molar-refractivity contribution in [2.24, 2.45) is 0 Å². The van der Waals surface area contributed by atoms with E-state index in [0.29, 0.717) is 0 Å². The van der Waals surface area contributed by atoms with Crippen LogP contribution in [0, 0.1) is 0 Å². The lowest BCUT2D eigenvalue weighted by atomic mass is 10.3. The highest BCUT2D eigenvalue weighted by Crippen LogP contribution is 2.28. The van der Waals surface area contributed by atoms with E-state index in [9.17, 15) is 0 Å². The molecule has 98 valence electrons. The van der Waals surface area contributed by atoms with Crippen LogP contribution in [0.5, 0.6) is 0 Å². The number of anilines is 1. The van der Waals surface area contributed by atoms with E-state index in [-0.39, 0.29) is 0 Å². The third kappa shape index (κ3) is 3.28. The van der Waals surface area contributed by atoms with E-state index in [1.54, 1.807) is 22.7 Å². The molecule has 0 bridgehead atoms. The molecule has 0 saturated heterocycles. The normalized spacial score (nSPS) is 11.1. The highest BCUT2D eigenvalue weighted by molar-refractivity contribution is 9.10. The Morgan fingerprint density at radius 3 is 2.89 bits per heavy atom. The summed E-state index contributed by atoms with van der Waals surface area (Å²) in [5, 5.41) is 4.34. The highest BCUT2D eigenvalue weighted by atomic mass is 79.9. The van der Waals surface area contributed by atoms with E-state index in [1.807, 2.05) is 18.2 Å². The number of nitrogens with one attached hydrogen (secondary N) is 1. The Hall–Kier alpha value is -0.620. The zero-order valence-electron chi connectivity index (χ0n) is 9.82. The summed E-state index contributed by atoms with van der Waals surface area (Å²) >= 11 is 12.7. The molecule has 0 unspecified atom stereocenters. The number of thiazole rings is 1. The van der Waals surface area contributed by atoms with Gasteiger partial charge in [-0.3, -0.25) is 0 Å². The lowest BCUT2D eigenvalue weighted by Gasteiger charge is -1.99. The number of aromatic nitrogens is 1. The summed E-state index contributed by atoms with van der Waals surface area (Å²) in [5.74, 6) is 0. The van der Waals surface area contributed by atoms with Gasteiger partial charge in [-0.25, -0.2) is 4.98 Å². The molecule has 0 spiro atoms. The molecule has 0 fully saturated rings. The van der Waals surface area contributed by atoms with Gasteiger partial charge in [0.25, 0.3) is 0 Å². The summed E-state index contributed by atoms with van der Waals surface area (Å²) in [6.45, 7) is 0.873. The number of benzene rings is 1. The minimum atomic E-state index is 0.847. The number of rotatable bonds is 4. The Morgan fingerprint density at radius 1 is 1.21 bits per heavy atom. The minimum Gasteiger partial charge on any atom is -0.361 e. The van der Waals surface area contributed by atoms with Crippen molar-refractivity contribution in [1.82, 2.24) is 4.98 Å². The number of halogens is 2. The van der Waals surface area contributed by atoms with Crippen LogP contribution in [0.3, 0.4) is 0 Å². The van der Waals surface area contributed by atoms with Crippen molar-refractivity contribution in [3.63, 3.8) is 0 Å². The molecule has 0 radical (unpaired) electrons. The molecule has 2 heterocycles. The van der Waals surface area contributed by atoms with Gasteiger partial charge < -0.3 is 5.32 Å². The smallest absolute Gasteiger partial charge is 0.183 e. The third-order valence-electron chi connectivity index (χ3n) is 2.63. The van der Waals surface area contributed by atoms with E-state index in [0.717, 1.165) is 32.4 Å². The monoisotopic (exact) mass is 372 g/mol. The van der Waals surface area contributed by atoms with Gasteiger partial charge in [0.15, 0.2) is 5.13 Å². The zero-order valence-corrected chi connectivity index (χ0v) is 13.8. The van der Waals surface area contributed by atoms with Gasteiger partial charge in [-0.2, -0.15) is 0 Å². The Kier molecular flexibility index (Phi) is 4.07. The molecule has 19 heavy (non-hydrogen) atoms. The molecule has 3 rings (SSSR count). The topological polar surface area (TPSA) is 24.9 Å². The quantitative estimate of drug-likeness (QED) is 0.659. The first-order valence-corrected chi connectivity index (χ1v) is 8.55. The van der Waals surface area contributed by atoms with Crippen molar-refractivity contribution >= 4 is 65.6 Å². The van der Waals surface area contributed by atoms with E-state index in [4.69, 9.17) is 11.6 Å². The number of hydrogen-bond donors (Lipinski definition) is 1. The van der Waals surface area contributed by atoms with Crippen LogP contribution in [0.1, 0.15) is 4.88 Å². The minimum absolute atomic E-state index is 0.847. The van der Waals surface area contributed by atoms with Crippen LogP contribution in [0.25, 0.3) is 10.2 Å². The van der Waals surface area contributed by atoms with Crippen LogP contribution >= 0.6 is 50.2 Å². The van der Waals surface area contributed by atoms with E-state index < -0.39 is 0 Å². The fourth-order valence-electron chi connectivity index (χ4n) is 1.75. The molecule has 0 aliphatic heterocycles. The van der Waals surface area contributed by atoms with E-state index in [2.05, 4.69) is 38.4 Å². The SMILES string of the molecule is Clc1ccc(CCNc2nc3cc(Br)ccc3s2)s1. The van der Waals surface area contributed by atoms with Gasteiger partial charge in [-0.05, 0) is 36.8 Å². The maximum atomic E-state index is 5.91. The second kappa shape index (κ2) is 5.79. The van der Waals surface area contributed by atoms with E-state index in [1.165, 1.54) is 9.58 Å². The van der Waals surface area contributed by atoms with Crippen molar-refractivity contribution in [2.75, 3.05) is 11.9 Å². The fraction of sp³-hybridized carbons (Fsp3) is 0.154. The number of nitrogens with zero attached hydrogens (tertiary/aromatic N) is 1. The average Bonchev–Trinajstić information content (AvgIpc) is 2.95. The highest BCUT2D eigenvalue weighted by Gasteiger charge is 2.04. The molecular weight excluding hydrogens is 364 g/mol. The summed E-state index contributed by atoms with van der Waals surface area (Å²) in [6.07, 6.45) is 0.969. The molecule has 2 aromatic heterocycles. The predicted molar refractivity (Wildman–Crippen MR) is 88.8 cm³/mol. The van der Waals surface area contributed by atoms with Gasteiger partial charge in [0.2, 0.25) is 0 Å². The standard InChI is InChI=1S/C13H10BrClN2S2/c14-8-1-3-11-10(7-8)17-13(19-11)16-6-5-9-2-4-12(15)18-9/h1-4,7H,5-6H2,(H,16,17). The van der Waals surface area contributed by atoms with Gasteiger partial charge in [0.1, 0.15) is 0 Å².